The molecule has 0 aliphatic heterocycles. The van der Waals surface area contributed by atoms with E-state index in [2.05, 4.69) is 15.4 Å². The summed E-state index contributed by atoms with van der Waals surface area (Å²) in [5.41, 5.74) is -3.48. The lowest BCUT2D eigenvalue weighted by Crippen LogP contribution is -2.25. The number of anilines is 1. The van der Waals surface area contributed by atoms with Gasteiger partial charge in [0.2, 0.25) is 0 Å². The molecule has 0 radical (unpaired) electrons. The van der Waals surface area contributed by atoms with E-state index in [0.29, 0.717) is 29.8 Å². The molecule has 0 amide bonds. The third-order valence-corrected chi connectivity index (χ3v) is 8.17. The maximum atomic E-state index is 13.8. The SMILES string of the molecule is CCc1sc(C2CC2)nc1-c1ccc(C(F)(F)F)cc1CN(Cc1cc(C(F)(F)F)cc(C(F)(F)F)c1)c1nnn(C)n1. The Bertz CT molecular complexity index is 1580. The first-order valence-electron chi connectivity index (χ1n) is 13.0. The Morgan fingerprint density at radius 3 is 2.00 bits per heavy atom. The van der Waals surface area contributed by atoms with Crippen molar-refractivity contribution in [2.45, 2.75) is 63.7 Å². The van der Waals surface area contributed by atoms with Crippen LogP contribution in [0, 0.1) is 0 Å². The Morgan fingerprint density at radius 1 is 0.860 bits per heavy atom. The fourth-order valence-corrected chi connectivity index (χ4v) is 5.78. The molecule has 1 aliphatic carbocycles. The number of rotatable bonds is 8. The number of hydrogen-bond acceptors (Lipinski definition) is 6. The van der Waals surface area contributed by atoms with Crippen LogP contribution in [0.5, 0.6) is 0 Å². The summed E-state index contributed by atoms with van der Waals surface area (Å²) in [6, 6.07) is 4.23. The first-order chi connectivity index (χ1) is 20.0. The molecule has 5 rings (SSSR count). The van der Waals surface area contributed by atoms with E-state index in [1.54, 1.807) is 0 Å². The topological polar surface area (TPSA) is 59.7 Å². The number of thiazole rings is 1. The van der Waals surface area contributed by atoms with Crippen LogP contribution in [0.1, 0.15) is 63.4 Å². The highest BCUT2D eigenvalue weighted by Crippen LogP contribution is 2.45. The molecular weight excluding hydrogens is 611 g/mol. The number of hydrogen-bond donors (Lipinski definition) is 0. The molecule has 2 aromatic heterocycles. The van der Waals surface area contributed by atoms with Gasteiger partial charge in [0, 0.05) is 29.4 Å². The van der Waals surface area contributed by atoms with Crippen molar-refractivity contribution in [2.24, 2.45) is 7.05 Å². The van der Waals surface area contributed by atoms with Gasteiger partial charge < -0.3 is 4.90 Å². The zero-order valence-electron chi connectivity index (χ0n) is 22.6. The highest BCUT2D eigenvalue weighted by atomic mass is 32.1. The molecule has 1 saturated carbocycles. The molecule has 43 heavy (non-hydrogen) atoms. The Labute approximate surface area is 243 Å². The van der Waals surface area contributed by atoms with Crippen molar-refractivity contribution in [2.75, 3.05) is 4.90 Å². The Hall–Kier alpha value is -3.69. The van der Waals surface area contributed by atoms with Crippen LogP contribution in [0.4, 0.5) is 45.5 Å². The molecular formula is C27H23F9N6S. The second kappa shape index (κ2) is 11.1. The minimum Gasteiger partial charge on any atom is -0.330 e. The molecule has 1 aliphatic rings. The van der Waals surface area contributed by atoms with Gasteiger partial charge in [-0.25, -0.2) is 4.98 Å². The molecule has 0 unspecified atom stereocenters. The lowest BCUT2D eigenvalue weighted by molar-refractivity contribution is -0.143. The molecule has 0 bridgehead atoms. The average Bonchev–Trinajstić information content (AvgIpc) is 3.53. The van der Waals surface area contributed by atoms with E-state index < -0.39 is 53.9 Å². The van der Waals surface area contributed by atoms with Gasteiger partial charge >= 0.3 is 18.5 Å². The molecule has 0 N–H and O–H groups in total. The van der Waals surface area contributed by atoms with Gasteiger partial charge in [0.05, 0.1) is 34.4 Å². The van der Waals surface area contributed by atoms with E-state index in [-0.39, 0.29) is 23.5 Å². The lowest BCUT2D eigenvalue weighted by atomic mass is 9.98. The Balaban J connectivity index is 1.62. The quantitative estimate of drug-likeness (QED) is 0.184. The van der Waals surface area contributed by atoms with Crippen LogP contribution in [-0.4, -0.2) is 25.2 Å². The van der Waals surface area contributed by atoms with Crippen molar-refractivity contribution in [1.82, 2.24) is 25.2 Å². The minimum atomic E-state index is -5.08. The lowest BCUT2D eigenvalue weighted by Gasteiger charge is -2.24. The predicted octanol–water partition coefficient (Wildman–Crippen LogP) is 8.04. The number of nitrogens with zero attached hydrogens (tertiary/aromatic N) is 6. The van der Waals surface area contributed by atoms with E-state index in [9.17, 15) is 39.5 Å². The van der Waals surface area contributed by atoms with Gasteiger partial charge in [0.15, 0.2) is 0 Å². The van der Waals surface area contributed by atoms with E-state index in [0.717, 1.165) is 39.7 Å². The molecule has 0 spiro atoms. The molecule has 1 fully saturated rings. The number of aryl methyl sites for hydroxylation is 2. The third-order valence-electron chi connectivity index (χ3n) is 6.81. The van der Waals surface area contributed by atoms with Gasteiger partial charge in [-0.2, -0.15) is 44.3 Å². The van der Waals surface area contributed by atoms with Crippen molar-refractivity contribution in [1.29, 1.82) is 0 Å². The zero-order valence-corrected chi connectivity index (χ0v) is 23.4. The third kappa shape index (κ3) is 6.94. The summed E-state index contributed by atoms with van der Waals surface area (Å²) in [4.78, 5) is 7.78. The average molecular weight is 635 g/mol. The van der Waals surface area contributed by atoms with E-state index in [1.165, 1.54) is 29.4 Å². The van der Waals surface area contributed by atoms with Gasteiger partial charge in [-0.05, 0) is 65.9 Å². The second-order valence-corrected chi connectivity index (χ2v) is 11.3. The second-order valence-electron chi connectivity index (χ2n) is 10.2. The van der Waals surface area contributed by atoms with Crippen LogP contribution in [-0.2, 0) is 45.1 Å². The van der Waals surface area contributed by atoms with Crippen molar-refractivity contribution < 1.29 is 39.5 Å². The molecule has 230 valence electrons. The molecule has 2 aromatic carbocycles. The van der Waals surface area contributed by atoms with E-state index in [4.69, 9.17) is 4.98 Å². The summed E-state index contributed by atoms with van der Waals surface area (Å²) in [7, 11) is 1.39. The molecule has 4 aromatic rings. The van der Waals surface area contributed by atoms with Crippen LogP contribution in [0.2, 0.25) is 0 Å². The summed E-state index contributed by atoms with van der Waals surface area (Å²) in [6.45, 7) is 0.889. The predicted molar refractivity (Wildman–Crippen MR) is 139 cm³/mol. The molecule has 2 heterocycles. The molecule has 0 saturated heterocycles. The van der Waals surface area contributed by atoms with Gasteiger partial charge in [0.25, 0.3) is 5.95 Å². The fourth-order valence-electron chi connectivity index (χ4n) is 4.59. The maximum absolute atomic E-state index is 13.8. The van der Waals surface area contributed by atoms with E-state index in [1.807, 2.05) is 6.92 Å². The summed E-state index contributed by atoms with van der Waals surface area (Å²) >= 11 is 1.47. The monoisotopic (exact) mass is 634 g/mol. The summed E-state index contributed by atoms with van der Waals surface area (Å²) in [5, 5.41) is 12.4. The van der Waals surface area contributed by atoms with Crippen molar-refractivity contribution >= 4 is 17.3 Å². The van der Waals surface area contributed by atoms with Crippen molar-refractivity contribution in [3.63, 3.8) is 0 Å². The number of alkyl halides is 9. The van der Waals surface area contributed by atoms with Gasteiger partial charge in [-0.3, -0.25) is 0 Å². The van der Waals surface area contributed by atoms with Gasteiger partial charge in [0.1, 0.15) is 0 Å². The van der Waals surface area contributed by atoms with Gasteiger partial charge in [-0.15, -0.1) is 16.4 Å². The smallest absolute Gasteiger partial charge is 0.330 e. The maximum Gasteiger partial charge on any atom is 0.416 e. The number of aromatic nitrogens is 5. The first kappa shape index (κ1) is 30.8. The van der Waals surface area contributed by atoms with Crippen molar-refractivity contribution in [3.05, 3.63) is 74.1 Å². The summed E-state index contributed by atoms with van der Waals surface area (Å²) in [5.74, 6) is 0.0791. The number of benzene rings is 2. The number of tetrazole rings is 1. The highest BCUT2D eigenvalue weighted by Gasteiger charge is 2.37. The molecule has 16 heteroatoms. The molecule has 6 nitrogen and oxygen atoms in total. The van der Waals surface area contributed by atoms with Gasteiger partial charge in [-0.1, -0.05) is 18.1 Å². The Kier molecular flexibility index (Phi) is 7.94. The normalized spacial score (nSPS) is 14.4. The van der Waals surface area contributed by atoms with Crippen LogP contribution in [0.3, 0.4) is 0 Å². The van der Waals surface area contributed by atoms with Crippen LogP contribution in [0.25, 0.3) is 11.3 Å². The van der Waals surface area contributed by atoms with Crippen LogP contribution in [0.15, 0.2) is 36.4 Å². The van der Waals surface area contributed by atoms with Crippen molar-refractivity contribution in [3.8, 4) is 11.3 Å². The summed E-state index contributed by atoms with van der Waals surface area (Å²) < 4.78 is 123. The van der Waals surface area contributed by atoms with Crippen LogP contribution >= 0.6 is 11.3 Å². The van der Waals surface area contributed by atoms with E-state index >= 15 is 0 Å². The summed E-state index contributed by atoms with van der Waals surface area (Å²) in [6.07, 6.45) is -12.4. The molecule has 0 atom stereocenters. The number of halogens is 9. The van der Waals surface area contributed by atoms with Crippen LogP contribution < -0.4 is 4.90 Å². The fraction of sp³-hybridized carbons (Fsp3) is 0.407. The zero-order chi connectivity index (χ0) is 31.3. The largest absolute Gasteiger partial charge is 0.416 e. The Morgan fingerprint density at radius 2 is 1.49 bits per heavy atom. The minimum absolute atomic E-state index is 0.00525. The highest BCUT2D eigenvalue weighted by molar-refractivity contribution is 7.12. The first-order valence-corrected chi connectivity index (χ1v) is 13.8. The standard InChI is InChI=1S/C27H23F9N6S/c1-3-21-22(37-23(43-21)15-4-5-15)20-7-6-17(25(28,29)30)10-16(20)13-42(24-38-40-41(2)39-24)12-14-8-18(26(31,32)33)11-19(9-14)27(34,35)36/h6-11,15H,3-5,12-13H2,1-2H3.